The molecular weight excluding hydrogens is 358 g/mol. The van der Waals surface area contributed by atoms with Crippen LogP contribution in [0.4, 0.5) is 11.5 Å². The van der Waals surface area contributed by atoms with Crippen LogP contribution in [0.25, 0.3) is 11.3 Å². The molecule has 7 heteroatoms. The molecule has 28 heavy (non-hydrogen) atoms. The van der Waals surface area contributed by atoms with Gasteiger partial charge in [0.25, 0.3) is 0 Å². The molecule has 0 unspecified atom stereocenters. The van der Waals surface area contributed by atoms with Crippen LogP contribution in [0.5, 0.6) is 17.2 Å². The molecule has 0 saturated carbocycles. The first-order chi connectivity index (χ1) is 13.6. The summed E-state index contributed by atoms with van der Waals surface area (Å²) in [6, 6.07) is 13.2. The Balaban J connectivity index is 1.80. The predicted octanol–water partition coefficient (Wildman–Crippen LogP) is 3.24. The minimum absolute atomic E-state index is 0.296. The summed E-state index contributed by atoms with van der Waals surface area (Å²) >= 11 is 0. The van der Waals surface area contributed by atoms with Crippen molar-refractivity contribution in [3.8, 4) is 28.5 Å². The van der Waals surface area contributed by atoms with Gasteiger partial charge in [-0.25, -0.2) is 4.79 Å². The van der Waals surface area contributed by atoms with E-state index in [1.807, 2.05) is 42.5 Å². The molecule has 0 spiro atoms. The van der Waals surface area contributed by atoms with E-state index in [9.17, 15) is 4.79 Å². The molecular formula is C21H21N3O4. The number of rotatable bonds is 5. The monoisotopic (exact) mass is 379 g/mol. The van der Waals surface area contributed by atoms with Gasteiger partial charge < -0.3 is 19.5 Å². The Morgan fingerprint density at radius 2 is 1.75 bits per heavy atom. The molecule has 1 aliphatic rings. The van der Waals surface area contributed by atoms with Gasteiger partial charge in [-0.2, -0.15) is 4.98 Å². The number of aryl methyl sites for hydroxylation is 1. The number of para-hydroxylation sites is 1. The van der Waals surface area contributed by atoms with E-state index in [1.165, 1.54) is 0 Å². The number of methoxy groups -OCH3 is 3. The summed E-state index contributed by atoms with van der Waals surface area (Å²) in [5.41, 5.74) is 3.29. The first kappa shape index (κ1) is 17.9. The standard InChI is InChI=1S/C21H21N3O4/c1-26-14-7-8-15-13(11-14)9-10-24-16(15)12-19(23-21(24)25)22-20-17(27-2)5-4-6-18(20)28-3/h4-8,11-12H,9-10H2,1-3H3,(H,22,23,25). The van der Waals surface area contributed by atoms with Gasteiger partial charge in [0.05, 0.1) is 27.0 Å². The summed E-state index contributed by atoms with van der Waals surface area (Å²) in [6.45, 7) is 0.583. The van der Waals surface area contributed by atoms with Crippen LogP contribution >= 0.6 is 0 Å². The van der Waals surface area contributed by atoms with Crippen molar-refractivity contribution < 1.29 is 14.2 Å². The lowest BCUT2D eigenvalue weighted by molar-refractivity contribution is 0.398. The van der Waals surface area contributed by atoms with Crippen LogP contribution in [0.1, 0.15) is 5.56 Å². The average molecular weight is 379 g/mol. The van der Waals surface area contributed by atoms with Crippen LogP contribution < -0.4 is 25.2 Å². The van der Waals surface area contributed by atoms with E-state index >= 15 is 0 Å². The molecule has 0 aliphatic carbocycles. The number of hydrogen-bond donors (Lipinski definition) is 1. The molecule has 0 fully saturated rings. The summed E-state index contributed by atoms with van der Waals surface area (Å²) in [5.74, 6) is 2.44. The van der Waals surface area contributed by atoms with E-state index in [0.717, 1.165) is 29.0 Å². The van der Waals surface area contributed by atoms with E-state index < -0.39 is 0 Å². The number of nitrogens with zero attached hydrogens (tertiary/aromatic N) is 2. The lowest BCUT2D eigenvalue weighted by Crippen LogP contribution is -2.28. The van der Waals surface area contributed by atoms with E-state index in [1.54, 1.807) is 25.9 Å². The van der Waals surface area contributed by atoms with Crippen LogP contribution in [0, 0.1) is 0 Å². The summed E-state index contributed by atoms with van der Waals surface area (Å²) in [5, 5.41) is 3.19. The molecule has 0 saturated heterocycles. The quantitative estimate of drug-likeness (QED) is 0.734. The van der Waals surface area contributed by atoms with Crippen molar-refractivity contribution in [3.05, 3.63) is 58.5 Å². The Kier molecular flexibility index (Phi) is 4.65. The number of benzene rings is 2. The van der Waals surface area contributed by atoms with Gasteiger partial charge in [0, 0.05) is 18.2 Å². The van der Waals surface area contributed by atoms with Crippen molar-refractivity contribution in [2.75, 3.05) is 26.6 Å². The van der Waals surface area contributed by atoms with Gasteiger partial charge >= 0.3 is 5.69 Å². The largest absolute Gasteiger partial charge is 0.497 e. The van der Waals surface area contributed by atoms with Crippen LogP contribution in [0.3, 0.4) is 0 Å². The molecule has 2 heterocycles. The van der Waals surface area contributed by atoms with Crippen molar-refractivity contribution in [1.29, 1.82) is 0 Å². The molecule has 4 rings (SSSR count). The highest BCUT2D eigenvalue weighted by Crippen LogP contribution is 2.37. The fourth-order valence-corrected chi connectivity index (χ4v) is 3.50. The minimum atomic E-state index is -0.296. The highest BCUT2D eigenvalue weighted by molar-refractivity contribution is 5.75. The summed E-state index contributed by atoms with van der Waals surface area (Å²) in [6.07, 6.45) is 0.758. The third kappa shape index (κ3) is 3.05. The Morgan fingerprint density at radius 3 is 2.43 bits per heavy atom. The van der Waals surface area contributed by atoms with E-state index in [-0.39, 0.29) is 5.69 Å². The fraction of sp³-hybridized carbons (Fsp3) is 0.238. The number of hydrogen-bond acceptors (Lipinski definition) is 6. The van der Waals surface area contributed by atoms with Gasteiger partial charge in [-0.15, -0.1) is 0 Å². The average Bonchev–Trinajstić information content (AvgIpc) is 2.73. The number of anilines is 2. The molecule has 0 radical (unpaired) electrons. The van der Waals surface area contributed by atoms with Gasteiger partial charge in [-0.05, 0) is 42.3 Å². The molecule has 1 aromatic heterocycles. The van der Waals surface area contributed by atoms with Crippen LogP contribution in [-0.4, -0.2) is 30.9 Å². The highest BCUT2D eigenvalue weighted by atomic mass is 16.5. The Hall–Kier alpha value is -3.48. The van der Waals surface area contributed by atoms with E-state index in [0.29, 0.717) is 29.5 Å². The molecule has 3 aromatic rings. The SMILES string of the molecule is COc1ccc2c(c1)CCn1c-2cc(Nc2c(OC)cccc2OC)nc1=O. The third-order valence-electron chi connectivity index (χ3n) is 4.89. The van der Waals surface area contributed by atoms with Gasteiger partial charge in [0.15, 0.2) is 0 Å². The summed E-state index contributed by atoms with van der Waals surface area (Å²) in [7, 11) is 4.81. The highest BCUT2D eigenvalue weighted by Gasteiger charge is 2.20. The third-order valence-corrected chi connectivity index (χ3v) is 4.89. The minimum Gasteiger partial charge on any atom is -0.497 e. The Morgan fingerprint density at radius 1 is 1.00 bits per heavy atom. The van der Waals surface area contributed by atoms with Crippen molar-refractivity contribution in [2.45, 2.75) is 13.0 Å². The van der Waals surface area contributed by atoms with Gasteiger partial charge in [0.2, 0.25) is 0 Å². The maximum Gasteiger partial charge on any atom is 0.350 e. The number of nitrogens with one attached hydrogen (secondary N) is 1. The summed E-state index contributed by atoms with van der Waals surface area (Å²) < 4.78 is 17.9. The zero-order valence-electron chi connectivity index (χ0n) is 16.0. The lowest BCUT2D eigenvalue weighted by atomic mass is 9.97. The van der Waals surface area contributed by atoms with E-state index in [2.05, 4.69) is 10.3 Å². The topological polar surface area (TPSA) is 74.6 Å². The number of ether oxygens (including phenoxy) is 3. The molecule has 0 bridgehead atoms. The lowest BCUT2D eigenvalue weighted by Gasteiger charge is -2.23. The first-order valence-electron chi connectivity index (χ1n) is 8.91. The predicted molar refractivity (Wildman–Crippen MR) is 107 cm³/mol. The molecule has 1 aliphatic heterocycles. The van der Waals surface area contributed by atoms with Crippen LogP contribution in [0.15, 0.2) is 47.3 Å². The Labute approximate surface area is 162 Å². The zero-order valence-corrected chi connectivity index (χ0v) is 16.0. The molecule has 144 valence electrons. The molecule has 0 amide bonds. The maximum atomic E-state index is 12.6. The molecule has 0 atom stereocenters. The van der Waals surface area contributed by atoms with Gasteiger partial charge in [-0.1, -0.05) is 6.07 Å². The maximum absolute atomic E-state index is 12.6. The molecule has 7 nitrogen and oxygen atoms in total. The van der Waals surface area contributed by atoms with Crippen LogP contribution in [-0.2, 0) is 13.0 Å². The molecule has 2 aromatic carbocycles. The van der Waals surface area contributed by atoms with Crippen molar-refractivity contribution in [1.82, 2.24) is 9.55 Å². The van der Waals surface area contributed by atoms with Gasteiger partial charge in [0.1, 0.15) is 28.8 Å². The normalized spacial score (nSPS) is 12.0. The molecule has 1 N–H and O–H groups in total. The van der Waals surface area contributed by atoms with Gasteiger partial charge in [-0.3, -0.25) is 4.57 Å². The summed E-state index contributed by atoms with van der Waals surface area (Å²) in [4.78, 5) is 16.8. The number of aromatic nitrogens is 2. The second-order valence-corrected chi connectivity index (χ2v) is 6.40. The second kappa shape index (κ2) is 7.26. The first-order valence-corrected chi connectivity index (χ1v) is 8.91. The van der Waals surface area contributed by atoms with Crippen molar-refractivity contribution in [3.63, 3.8) is 0 Å². The van der Waals surface area contributed by atoms with Crippen molar-refractivity contribution in [2.24, 2.45) is 0 Å². The second-order valence-electron chi connectivity index (χ2n) is 6.40. The fourth-order valence-electron chi connectivity index (χ4n) is 3.50. The number of fused-ring (bicyclic) bond motifs is 3. The van der Waals surface area contributed by atoms with Crippen molar-refractivity contribution >= 4 is 11.5 Å². The smallest absolute Gasteiger partial charge is 0.350 e. The van der Waals surface area contributed by atoms with E-state index in [4.69, 9.17) is 14.2 Å². The van der Waals surface area contributed by atoms with Crippen LogP contribution in [0.2, 0.25) is 0 Å². The zero-order chi connectivity index (χ0) is 19.7. The Bertz CT molecular complexity index is 1070.